The molecule has 0 aromatic heterocycles. The largest absolute Gasteiger partial charge is 0.497 e. The first-order chi connectivity index (χ1) is 9.13. The Bertz CT molecular complexity index is 471. The molecule has 0 spiro atoms. The molecule has 1 aromatic carbocycles. The maximum atomic E-state index is 12.4. The van der Waals surface area contributed by atoms with Crippen LogP contribution in [0.5, 0.6) is 11.5 Å². The van der Waals surface area contributed by atoms with Crippen molar-refractivity contribution in [1.82, 2.24) is 4.90 Å². The lowest BCUT2D eigenvalue weighted by Crippen LogP contribution is -2.41. The number of benzene rings is 1. The fourth-order valence-electron chi connectivity index (χ4n) is 1.95. The Morgan fingerprint density at radius 3 is 2.11 bits per heavy atom. The summed E-state index contributed by atoms with van der Waals surface area (Å²) in [5.41, 5.74) is 0.531. The minimum absolute atomic E-state index is 0.0751. The molecule has 5 nitrogen and oxygen atoms in total. The van der Waals surface area contributed by atoms with Crippen molar-refractivity contribution in [2.45, 2.75) is 0 Å². The van der Waals surface area contributed by atoms with Crippen LogP contribution in [0, 0.1) is 0 Å². The summed E-state index contributed by atoms with van der Waals surface area (Å²) >= 11 is 0. The van der Waals surface area contributed by atoms with Crippen molar-refractivity contribution >= 4 is 16.7 Å². The van der Waals surface area contributed by atoms with E-state index in [9.17, 15) is 9.00 Å². The maximum Gasteiger partial charge on any atom is 0.254 e. The van der Waals surface area contributed by atoms with E-state index in [4.69, 9.17) is 9.47 Å². The van der Waals surface area contributed by atoms with Crippen LogP contribution in [0.1, 0.15) is 10.4 Å². The van der Waals surface area contributed by atoms with Gasteiger partial charge in [0.05, 0.1) is 14.2 Å². The van der Waals surface area contributed by atoms with Crippen LogP contribution in [0.3, 0.4) is 0 Å². The molecule has 2 rings (SSSR count). The Morgan fingerprint density at radius 1 is 1.11 bits per heavy atom. The highest BCUT2D eigenvalue weighted by Crippen LogP contribution is 2.23. The molecule has 0 radical (unpaired) electrons. The molecule has 6 heteroatoms. The van der Waals surface area contributed by atoms with Crippen molar-refractivity contribution in [1.29, 1.82) is 0 Å². The molecule has 0 N–H and O–H groups in total. The highest BCUT2D eigenvalue weighted by molar-refractivity contribution is 7.85. The van der Waals surface area contributed by atoms with Gasteiger partial charge in [-0.3, -0.25) is 9.00 Å². The van der Waals surface area contributed by atoms with E-state index >= 15 is 0 Å². The number of methoxy groups -OCH3 is 2. The summed E-state index contributed by atoms with van der Waals surface area (Å²) in [7, 11) is 2.31. The molecule has 1 fully saturated rings. The fourth-order valence-corrected chi connectivity index (χ4v) is 3.01. The van der Waals surface area contributed by atoms with E-state index in [1.54, 1.807) is 37.3 Å². The lowest BCUT2D eigenvalue weighted by Gasteiger charge is -2.26. The van der Waals surface area contributed by atoms with Gasteiger partial charge in [0.15, 0.2) is 0 Å². The van der Waals surface area contributed by atoms with Crippen molar-refractivity contribution in [2.24, 2.45) is 0 Å². The van der Waals surface area contributed by atoms with Gasteiger partial charge in [0.25, 0.3) is 5.91 Å². The van der Waals surface area contributed by atoms with Crippen LogP contribution in [0.4, 0.5) is 0 Å². The summed E-state index contributed by atoms with van der Waals surface area (Å²) in [6.45, 7) is 1.07. The van der Waals surface area contributed by atoms with Gasteiger partial charge in [-0.1, -0.05) is 0 Å². The smallest absolute Gasteiger partial charge is 0.254 e. The van der Waals surface area contributed by atoms with Gasteiger partial charge < -0.3 is 14.4 Å². The number of nitrogens with zero attached hydrogens (tertiary/aromatic N) is 1. The van der Waals surface area contributed by atoms with Crippen LogP contribution in [0.15, 0.2) is 18.2 Å². The molecule has 0 unspecified atom stereocenters. The van der Waals surface area contributed by atoms with Crippen molar-refractivity contribution in [3.8, 4) is 11.5 Å². The number of carbonyl (C=O) groups is 1. The molecule has 1 saturated heterocycles. The van der Waals surface area contributed by atoms with E-state index in [0.717, 1.165) is 0 Å². The molecule has 0 saturated carbocycles. The number of hydrogen-bond donors (Lipinski definition) is 0. The second-order valence-electron chi connectivity index (χ2n) is 4.24. The van der Waals surface area contributed by atoms with Crippen LogP contribution in [0.2, 0.25) is 0 Å². The normalized spacial score (nSPS) is 16.2. The Hall–Kier alpha value is -1.56. The molecule has 1 aromatic rings. The Kier molecular flexibility index (Phi) is 4.42. The van der Waals surface area contributed by atoms with E-state index in [0.29, 0.717) is 41.7 Å². The van der Waals surface area contributed by atoms with E-state index < -0.39 is 10.8 Å². The van der Waals surface area contributed by atoms with Crippen LogP contribution in [-0.2, 0) is 10.8 Å². The van der Waals surface area contributed by atoms with Gasteiger partial charge in [-0.25, -0.2) is 0 Å². The monoisotopic (exact) mass is 283 g/mol. The van der Waals surface area contributed by atoms with Crippen LogP contribution in [-0.4, -0.2) is 53.8 Å². The first-order valence-corrected chi connectivity index (χ1v) is 7.50. The molecular formula is C13H17NO4S. The van der Waals surface area contributed by atoms with Gasteiger partial charge in [0.1, 0.15) is 11.5 Å². The van der Waals surface area contributed by atoms with E-state index in [1.165, 1.54) is 0 Å². The van der Waals surface area contributed by atoms with Gasteiger partial charge in [-0.15, -0.1) is 0 Å². The van der Waals surface area contributed by atoms with Crippen LogP contribution >= 0.6 is 0 Å². The van der Waals surface area contributed by atoms with Gasteiger partial charge in [-0.2, -0.15) is 0 Å². The third-order valence-electron chi connectivity index (χ3n) is 3.06. The summed E-state index contributed by atoms with van der Waals surface area (Å²) in [5, 5.41) is 0. The van der Waals surface area contributed by atoms with Crippen molar-refractivity contribution in [3.63, 3.8) is 0 Å². The average molecular weight is 283 g/mol. The molecular weight excluding hydrogens is 266 g/mol. The lowest BCUT2D eigenvalue weighted by atomic mass is 10.1. The standard InChI is InChI=1S/C13H17NO4S/c1-17-11-7-10(8-12(9-11)18-2)13(15)14-3-5-19(16)6-4-14/h7-9H,3-6H2,1-2H3. The van der Waals surface area contributed by atoms with E-state index in [2.05, 4.69) is 0 Å². The summed E-state index contributed by atoms with van der Waals surface area (Å²) in [6, 6.07) is 5.11. The molecule has 1 amide bonds. The highest BCUT2D eigenvalue weighted by atomic mass is 32.2. The van der Waals surface area contributed by atoms with Crippen LogP contribution < -0.4 is 9.47 Å². The zero-order valence-corrected chi connectivity index (χ0v) is 11.9. The zero-order chi connectivity index (χ0) is 13.8. The third kappa shape index (κ3) is 3.26. The summed E-state index contributed by atoms with van der Waals surface area (Å²) < 4.78 is 21.6. The predicted molar refractivity (Wildman–Crippen MR) is 73.3 cm³/mol. The first kappa shape index (κ1) is 13.9. The fraction of sp³-hybridized carbons (Fsp3) is 0.462. The minimum atomic E-state index is -0.789. The Labute approximate surface area is 115 Å². The maximum absolute atomic E-state index is 12.4. The third-order valence-corrected chi connectivity index (χ3v) is 4.34. The van der Waals surface area contributed by atoms with E-state index in [-0.39, 0.29) is 5.91 Å². The molecule has 1 aliphatic rings. The van der Waals surface area contributed by atoms with Crippen LogP contribution in [0.25, 0.3) is 0 Å². The molecule has 19 heavy (non-hydrogen) atoms. The SMILES string of the molecule is COc1cc(OC)cc(C(=O)N2CCS(=O)CC2)c1. The first-order valence-electron chi connectivity index (χ1n) is 6.01. The number of hydrogen-bond acceptors (Lipinski definition) is 4. The Balaban J connectivity index is 2.20. The molecule has 0 bridgehead atoms. The highest BCUT2D eigenvalue weighted by Gasteiger charge is 2.22. The van der Waals surface area contributed by atoms with Crippen molar-refractivity contribution in [2.75, 3.05) is 38.8 Å². The number of amides is 1. The predicted octanol–water partition coefficient (Wildman–Crippen LogP) is 0.908. The molecule has 1 heterocycles. The van der Waals surface area contributed by atoms with E-state index in [1.807, 2.05) is 0 Å². The van der Waals surface area contributed by atoms with Crippen molar-refractivity contribution in [3.05, 3.63) is 23.8 Å². The number of carbonyl (C=O) groups excluding carboxylic acids is 1. The van der Waals surface area contributed by atoms with Gasteiger partial charge >= 0.3 is 0 Å². The summed E-state index contributed by atoms with van der Waals surface area (Å²) in [4.78, 5) is 14.1. The molecule has 104 valence electrons. The number of rotatable bonds is 3. The minimum Gasteiger partial charge on any atom is -0.497 e. The molecule has 1 aliphatic heterocycles. The van der Waals surface area contributed by atoms with Gasteiger partial charge in [-0.05, 0) is 12.1 Å². The topological polar surface area (TPSA) is 55.8 Å². The molecule has 0 aliphatic carbocycles. The lowest BCUT2D eigenvalue weighted by molar-refractivity contribution is 0.0770. The molecule has 0 atom stereocenters. The number of ether oxygens (including phenoxy) is 2. The Morgan fingerprint density at radius 2 is 1.63 bits per heavy atom. The average Bonchev–Trinajstić information content (AvgIpc) is 2.46. The summed E-state index contributed by atoms with van der Waals surface area (Å²) in [5.74, 6) is 2.19. The van der Waals surface area contributed by atoms with Crippen molar-refractivity contribution < 1.29 is 18.5 Å². The van der Waals surface area contributed by atoms with Gasteiger partial charge in [0, 0.05) is 47.0 Å². The van der Waals surface area contributed by atoms with Gasteiger partial charge in [0.2, 0.25) is 0 Å². The second-order valence-corrected chi connectivity index (χ2v) is 5.94. The zero-order valence-electron chi connectivity index (χ0n) is 11.0. The summed E-state index contributed by atoms with van der Waals surface area (Å²) in [6.07, 6.45) is 0. The second kappa shape index (κ2) is 6.06. The quantitative estimate of drug-likeness (QED) is 0.827.